The van der Waals surface area contributed by atoms with Gasteiger partial charge in [0, 0.05) is 0 Å². The second-order valence-electron chi connectivity index (χ2n) is 3.97. The van der Waals surface area contributed by atoms with Crippen molar-refractivity contribution in [3.8, 4) is 0 Å². The molecule has 4 nitrogen and oxygen atoms in total. The van der Waals surface area contributed by atoms with Crippen LogP contribution in [-0.2, 0) is 10.3 Å². The maximum absolute atomic E-state index is 13.0. The van der Waals surface area contributed by atoms with Gasteiger partial charge in [-0.1, -0.05) is 29.8 Å². The van der Waals surface area contributed by atoms with Crippen molar-refractivity contribution in [3.05, 3.63) is 35.4 Å². The van der Waals surface area contributed by atoms with E-state index < -0.39 is 29.4 Å². The molecule has 7 heteroatoms. The van der Waals surface area contributed by atoms with Gasteiger partial charge in [0.05, 0.1) is 0 Å². The zero-order chi connectivity index (χ0) is 14.1. The molecule has 0 bridgehead atoms. The summed E-state index contributed by atoms with van der Waals surface area (Å²) in [7, 11) is 0. The molecule has 0 saturated carbocycles. The van der Waals surface area contributed by atoms with Gasteiger partial charge in [-0.3, -0.25) is 0 Å². The minimum Gasteiger partial charge on any atom is -0.479 e. The van der Waals surface area contributed by atoms with Crippen molar-refractivity contribution in [2.24, 2.45) is 5.73 Å². The van der Waals surface area contributed by atoms with Gasteiger partial charge in [0.2, 0.25) is 0 Å². The molecular formula is C11H12F3NO3. The molecule has 0 unspecified atom stereocenters. The minimum atomic E-state index is -5.10. The Morgan fingerprint density at radius 3 is 2.06 bits per heavy atom. The fourth-order valence-corrected chi connectivity index (χ4v) is 1.50. The topological polar surface area (TPSA) is 83.5 Å². The van der Waals surface area contributed by atoms with Gasteiger partial charge >= 0.3 is 12.1 Å². The van der Waals surface area contributed by atoms with Gasteiger partial charge in [0.15, 0.2) is 11.6 Å². The molecule has 0 aromatic heterocycles. The number of aryl methyl sites for hydroxylation is 1. The zero-order valence-electron chi connectivity index (χ0n) is 9.40. The Labute approximate surface area is 101 Å². The highest BCUT2D eigenvalue weighted by molar-refractivity contribution is 5.74. The van der Waals surface area contributed by atoms with Crippen LogP contribution in [0.3, 0.4) is 0 Å². The van der Waals surface area contributed by atoms with Gasteiger partial charge in [0.1, 0.15) is 0 Å². The van der Waals surface area contributed by atoms with Crippen LogP contribution >= 0.6 is 0 Å². The SMILES string of the molecule is Cc1ccc([C@](N)([C@@H](O)C(=O)O)C(F)(F)F)cc1. The first-order valence-corrected chi connectivity index (χ1v) is 4.94. The lowest BCUT2D eigenvalue weighted by atomic mass is 9.84. The van der Waals surface area contributed by atoms with E-state index in [0.717, 1.165) is 12.1 Å². The van der Waals surface area contributed by atoms with Crippen LogP contribution < -0.4 is 5.73 Å². The average molecular weight is 263 g/mol. The third-order valence-electron chi connectivity index (χ3n) is 2.66. The number of aliphatic carboxylic acids is 1. The molecule has 4 N–H and O–H groups in total. The third kappa shape index (κ3) is 2.32. The number of benzene rings is 1. The van der Waals surface area contributed by atoms with Gasteiger partial charge in [-0.15, -0.1) is 0 Å². The summed E-state index contributed by atoms with van der Waals surface area (Å²) in [5.41, 5.74) is 1.98. The Kier molecular flexibility index (Phi) is 3.68. The number of aliphatic hydroxyl groups excluding tert-OH is 1. The second-order valence-corrected chi connectivity index (χ2v) is 3.97. The Morgan fingerprint density at radius 1 is 1.28 bits per heavy atom. The molecule has 0 fully saturated rings. The number of alkyl halides is 3. The summed E-state index contributed by atoms with van der Waals surface area (Å²) in [4.78, 5) is 10.6. The summed E-state index contributed by atoms with van der Waals surface area (Å²) in [5, 5.41) is 17.8. The summed E-state index contributed by atoms with van der Waals surface area (Å²) >= 11 is 0. The van der Waals surface area contributed by atoms with Crippen LogP contribution in [0.4, 0.5) is 13.2 Å². The average Bonchev–Trinajstić information content (AvgIpc) is 2.26. The predicted molar refractivity (Wildman–Crippen MR) is 56.7 cm³/mol. The Bertz CT molecular complexity index is 444. The van der Waals surface area contributed by atoms with Gasteiger partial charge in [0.25, 0.3) is 0 Å². The summed E-state index contributed by atoms with van der Waals surface area (Å²) in [5.74, 6) is -2.03. The van der Waals surface area contributed by atoms with Crippen LogP contribution in [0.1, 0.15) is 11.1 Å². The van der Waals surface area contributed by atoms with Crippen molar-refractivity contribution in [1.82, 2.24) is 0 Å². The Morgan fingerprint density at radius 2 is 1.72 bits per heavy atom. The second kappa shape index (κ2) is 4.58. The fraction of sp³-hybridized carbons (Fsp3) is 0.364. The number of carbonyl (C=O) groups is 1. The van der Waals surface area contributed by atoms with Crippen LogP contribution in [0.2, 0.25) is 0 Å². The first-order valence-electron chi connectivity index (χ1n) is 4.94. The van der Waals surface area contributed by atoms with E-state index in [1.165, 1.54) is 12.1 Å². The number of carboxylic acids is 1. The van der Waals surface area contributed by atoms with Crippen molar-refractivity contribution in [2.75, 3.05) is 0 Å². The highest BCUT2D eigenvalue weighted by Crippen LogP contribution is 2.39. The number of nitrogens with two attached hydrogens (primary N) is 1. The summed E-state index contributed by atoms with van der Waals surface area (Å²) in [6.45, 7) is 1.66. The lowest BCUT2D eigenvalue weighted by molar-refractivity contribution is -0.221. The van der Waals surface area contributed by atoms with E-state index in [0.29, 0.717) is 5.56 Å². The molecule has 2 atom stereocenters. The van der Waals surface area contributed by atoms with Crippen LogP contribution in [-0.4, -0.2) is 28.5 Å². The third-order valence-corrected chi connectivity index (χ3v) is 2.66. The van der Waals surface area contributed by atoms with Crippen molar-refractivity contribution in [2.45, 2.75) is 24.7 Å². The van der Waals surface area contributed by atoms with E-state index >= 15 is 0 Å². The number of aliphatic hydroxyl groups is 1. The molecule has 0 heterocycles. The number of hydrogen-bond donors (Lipinski definition) is 3. The minimum absolute atomic E-state index is 0.504. The highest BCUT2D eigenvalue weighted by Gasteiger charge is 2.60. The van der Waals surface area contributed by atoms with E-state index in [4.69, 9.17) is 10.8 Å². The van der Waals surface area contributed by atoms with Gasteiger partial charge in [-0.25, -0.2) is 4.79 Å². The molecule has 0 saturated heterocycles. The summed E-state index contributed by atoms with van der Waals surface area (Å²) in [6, 6.07) is 4.82. The van der Waals surface area contributed by atoms with Crippen molar-refractivity contribution in [1.29, 1.82) is 0 Å². The van der Waals surface area contributed by atoms with E-state index in [1.807, 2.05) is 0 Å². The number of rotatable bonds is 3. The van der Waals surface area contributed by atoms with Gasteiger partial charge in [-0.05, 0) is 12.5 Å². The molecular weight excluding hydrogens is 251 g/mol. The molecule has 0 amide bonds. The molecule has 0 aliphatic heterocycles. The van der Waals surface area contributed by atoms with Crippen LogP contribution in [0.5, 0.6) is 0 Å². The van der Waals surface area contributed by atoms with Gasteiger partial charge < -0.3 is 15.9 Å². The molecule has 1 aromatic rings. The summed E-state index contributed by atoms with van der Waals surface area (Å²) < 4.78 is 38.9. The number of hydrogen-bond acceptors (Lipinski definition) is 3. The molecule has 0 radical (unpaired) electrons. The normalized spacial score (nSPS) is 17.0. The molecule has 0 spiro atoms. The number of halogens is 3. The highest BCUT2D eigenvalue weighted by atomic mass is 19.4. The largest absolute Gasteiger partial charge is 0.479 e. The lowest BCUT2D eigenvalue weighted by Gasteiger charge is -2.34. The van der Waals surface area contributed by atoms with Crippen molar-refractivity contribution < 1.29 is 28.2 Å². The standard InChI is InChI=1S/C11H12F3NO3/c1-6-2-4-7(5-3-6)10(15,11(12,13)14)8(16)9(17)18/h2-5,8,16H,15H2,1H3,(H,17,18)/t8-,10-/m0/s1. The smallest absolute Gasteiger partial charge is 0.413 e. The quantitative estimate of drug-likeness (QED) is 0.764. The van der Waals surface area contributed by atoms with Crippen molar-refractivity contribution >= 4 is 5.97 Å². The number of carboxylic acid groups (broad SMARTS) is 1. The maximum atomic E-state index is 13.0. The van der Waals surface area contributed by atoms with Crippen molar-refractivity contribution in [3.63, 3.8) is 0 Å². The van der Waals surface area contributed by atoms with Gasteiger partial charge in [-0.2, -0.15) is 13.2 Å². The van der Waals surface area contributed by atoms with Crippen LogP contribution in [0.25, 0.3) is 0 Å². The Hall–Kier alpha value is -1.60. The molecule has 0 aliphatic rings. The zero-order valence-corrected chi connectivity index (χ0v) is 9.40. The maximum Gasteiger partial charge on any atom is 0.413 e. The van der Waals surface area contributed by atoms with E-state index in [2.05, 4.69) is 0 Å². The Balaban J connectivity index is 3.38. The molecule has 0 aliphatic carbocycles. The molecule has 1 rings (SSSR count). The molecule has 1 aromatic carbocycles. The monoisotopic (exact) mass is 263 g/mol. The van der Waals surface area contributed by atoms with E-state index in [1.54, 1.807) is 6.92 Å². The molecule has 100 valence electrons. The predicted octanol–water partition coefficient (Wildman–Crippen LogP) is 1.16. The van der Waals surface area contributed by atoms with Crippen LogP contribution in [0.15, 0.2) is 24.3 Å². The van der Waals surface area contributed by atoms with Crippen LogP contribution in [0, 0.1) is 6.92 Å². The van der Waals surface area contributed by atoms with E-state index in [9.17, 15) is 23.1 Å². The molecule has 18 heavy (non-hydrogen) atoms. The summed E-state index contributed by atoms with van der Waals surface area (Å²) in [6.07, 6.45) is -7.87. The lowest BCUT2D eigenvalue weighted by Crippen LogP contribution is -2.61. The first kappa shape index (κ1) is 14.5. The fourth-order valence-electron chi connectivity index (χ4n) is 1.50. The first-order chi connectivity index (χ1) is 8.10. The van der Waals surface area contributed by atoms with E-state index in [-0.39, 0.29) is 0 Å².